The minimum Gasteiger partial charge on any atom is -0.508 e. The molecule has 0 saturated carbocycles. The van der Waals surface area contributed by atoms with Crippen molar-refractivity contribution in [2.75, 3.05) is 39.3 Å². The van der Waals surface area contributed by atoms with Gasteiger partial charge in [-0.1, -0.05) is 12.1 Å². The SMILES string of the molecule is CC(=O)NC(Cc1ccc(O)cc1)C(=O)NCCCCNCCCNCCCN. The van der Waals surface area contributed by atoms with Crippen LogP contribution in [0.15, 0.2) is 24.3 Å². The van der Waals surface area contributed by atoms with E-state index < -0.39 is 6.04 Å². The van der Waals surface area contributed by atoms with E-state index in [1.807, 2.05) is 0 Å². The molecule has 1 atom stereocenters. The zero-order valence-electron chi connectivity index (χ0n) is 17.5. The van der Waals surface area contributed by atoms with Crippen LogP contribution >= 0.6 is 0 Å². The lowest BCUT2D eigenvalue weighted by atomic mass is 10.0. The van der Waals surface area contributed by atoms with Crippen LogP contribution in [0.25, 0.3) is 0 Å². The summed E-state index contributed by atoms with van der Waals surface area (Å²) < 4.78 is 0. The molecular weight excluding hydrogens is 370 g/mol. The number of rotatable bonds is 16. The van der Waals surface area contributed by atoms with Gasteiger partial charge >= 0.3 is 0 Å². The fourth-order valence-electron chi connectivity index (χ4n) is 2.85. The van der Waals surface area contributed by atoms with Gasteiger partial charge in [-0.25, -0.2) is 0 Å². The van der Waals surface area contributed by atoms with Crippen molar-refractivity contribution in [1.29, 1.82) is 0 Å². The highest BCUT2D eigenvalue weighted by molar-refractivity contribution is 5.87. The fraction of sp³-hybridized carbons (Fsp3) is 0.619. The highest BCUT2D eigenvalue weighted by Gasteiger charge is 2.19. The molecule has 8 nitrogen and oxygen atoms in total. The Kier molecular flexibility index (Phi) is 13.5. The maximum absolute atomic E-state index is 12.4. The van der Waals surface area contributed by atoms with Crippen molar-refractivity contribution in [3.05, 3.63) is 29.8 Å². The third-order valence-electron chi connectivity index (χ3n) is 4.41. The van der Waals surface area contributed by atoms with Gasteiger partial charge in [-0.15, -0.1) is 0 Å². The Hall–Kier alpha value is -2.16. The molecule has 0 spiro atoms. The largest absolute Gasteiger partial charge is 0.508 e. The molecule has 8 heteroatoms. The van der Waals surface area contributed by atoms with Gasteiger partial charge in [0.25, 0.3) is 0 Å². The summed E-state index contributed by atoms with van der Waals surface area (Å²) in [6, 6.07) is 6.01. The fourth-order valence-corrected chi connectivity index (χ4v) is 2.85. The molecule has 0 fully saturated rings. The summed E-state index contributed by atoms with van der Waals surface area (Å²) in [4.78, 5) is 23.9. The summed E-state index contributed by atoms with van der Waals surface area (Å²) in [5.41, 5.74) is 6.31. The first-order chi connectivity index (χ1) is 14.0. The topological polar surface area (TPSA) is 129 Å². The second kappa shape index (κ2) is 15.7. The van der Waals surface area contributed by atoms with Crippen LogP contribution in [-0.4, -0.2) is 62.2 Å². The maximum Gasteiger partial charge on any atom is 0.242 e. The molecule has 0 aliphatic rings. The van der Waals surface area contributed by atoms with Crippen molar-refractivity contribution in [2.45, 2.75) is 45.1 Å². The lowest BCUT2D eigenvalue weighted by Crippen LogP contribution is -2.47. The number of hydrogen-bond donors (Lipinski definition) is 6. The molecule has 29 heavy (non-hydrogen) atoms. The number of aromatic hydroxyl groups is 1. The molecule has 0 aliphatic carbocycles. The van der Waals surface area contributed by atoms with Gasteiger partial charge in [0.2, 0.25) is 11.8 Å². The van der Waals surface area contributed by atoms with Gasteiger partial charge in [-0.2, -0.15) is 0 Å². The molecule has 0 bridgehead atoms. The average molecular weight is 408 g/mol. The number of amides is 2. The van der Waals surface area contributed by atoms with Gasteiger partial charge in [0.1, 0.15) is 11.8 Å². The van der Waals surface area contributed by atoms with E-state index in [4.69, 9.17) is 5.73 Å². The molecule has 0 saturated heterocycles. The van der Waals surface area contributed by atoms with Gasteiger partial charge in [0.15, 0.2) is 0 Å². The van der Waals surface area contributed by atoms with E-state index in [0.29, 0.717) is 13.0 Å². The summed E-state index contributed by atoms with van der Waals surface area (Å²) >= 11 is 0. The summed E-state index contributed by atoms with van der Waals surface area (Å²) in [5, 5.41) is 21.7. The lowest BCUT2D eigenvalue weighted by molar-refractivity contribution is -0.128. The van der Waals surface area contributed by atoms with E-state index >= 15 is 0 Å². The number of carbonyl (C=O) groups excluding carboxylic acids is 2. The first-order valence-electron chi connectivity index (χ1n) is 10.5. The summed E-state index contributed by atoms with van der Waals surface area (Å²) in [7, 11) is 0. The smallest absolute Gasteiger partial charge is 0.242 e. The highest BCUT2D eigenvalue weighted by Crippen LogP contribution is 2.11. The Morgan fingerprint density at radius 3 is 2.14 bits per heavy atom. The van der Waals surface area contributed by atoms with Crippen LogP contribution in [-0.2, 0) is 16.0 Å². The van der Waals surface area contributed by atoms with Crippen LogP contribution in [0.5, 0.6) is 5.75 Å². The molecule has 7 N–H and O–H groups in total. The van der Waals surface area contributed by atoms with E-state index in [0.717, 1.165) is 64.0 Å². The molecular formula is C21H37N5O3. The lowest BCUT2D eigenvalue weighted by Gasteiger charge is -2.18. The minimum atomic E-state index is -0.623. The van der Waals surface area contributed by atoms with Crippen LogP contribution in [0, 0.1) is 0 Å². The van der Waals surface area contributed by atoms with E-state index in [9.17, 15) is 14.7 Å². The average Bonchev–Trinajstić information content (AvgIpc) is 2.69. The maximum atomic E-state index is 12.4. The van der Waals surface area contributed by atoms with Crippen LogP contribution in [0.1, 0.15) is 38.2 Å². The second-order valence-electron chi connectivity index (χ2n) is 7.12. The molecule has 2 amide bonds. The third kappa shape index (κ3) is 12.8. The van der Waals surface area contributed by atoms with E-state index in [-0.39, 0.29) is 17.6 Å². The highest BCUT2D eigenvalue weighted by atomic mass is 16.3. The summed E-state index contributed by atoms with van der Waals surface area (Å²) in [6.45, 7) is 6.56. The number of nitrogens with two attached hydrogens (primary N) is 1. The van der Waals surface area contributed by atoms with E-state index in [1.54, 1.807) is 24.3 Å². The van der Waals surface area contributed by atoms with Crippen molar-refractivity contribution >= 4 is 11.8 Å². The first kappa shape index (κ1) is 24.9. The predicted octanol–water partition coefficient (Wildman–Crippen LogP) is 0.254. The third-order valence-corrected chi connectivity index (χ3v) is 4.41. The van der Waals surface area contributed by atoms with E-state index in [2.05, 4.69) is 21.3 Å². The minimum absolute atomic E-state index is 0.172. The normalized spacial score (nSPS) is 11.8. The number of unbranched alkanes of at least 4 members (excludes halogenated alkanes) is 1. The number of benzene rings is 1. The van der Waals surface area contributed by atoms with Gasteiger partial charge in [0.05, 0.1) is 0 Å². The molecule has 0 heterocycles. The number of nitrogens with one attached hydrogen (secondary N) is 4. The van der Waals surface area contributed by atoms with Gasteiger partial charge in [0, 0.05) is 19.9 Å². The van der Waals surface area contributed by atoms with Crippen molar-refractivity contribution in [3.63, 3.8) is 0 Å². The number of carbonyl (C=O) groups is 2. The second-order valence-corrected chi connectivity index (χ2v) is 7.12. The van der Waals surface area contributed by atoms with Crippen LogP contribution < -0.4 is 27.0 Å². The number of phenols is 1. The molecule has 164 valence electrons. The molecule has 1 rings (SSSR count). The van der Waals surface area contributed by atoms with Crippen molar-refractivity contribution in [1.82, 2.24) is 21.3 Å². The van der Waals surface area contributed by atoms with Crippen molar-refractivity contribution < 1.29 is 14.7 Å². The number of phenolic OH excluding ortho intramolecular Hbond substituents is 1. The Morgan fingerprint density at radius 1 is 0.931 bits per heavy atom. The molecule has 1 unspecified atom stereocenters. The Labute approximate surface area is 174 Å². The van der Waals surface area contributed by atoms with Crippen molar-refractivity contribution in [3.8, 4) is 5.75 Å². The quantitative estimate of drug-likeness (QED) is 0.218. The molecule has 0 aromatic heterocycles. The molecule has 1 aromatic carbocycles. The van der Waals surface area contributed by atoms with E-state index in [1.165, 1.54) is 6.92 Å². The van der Waals surface area contributed by atoms with Crippen molar-refractivity contribution in [2.24, 2.45) is 5.73 Å². The number of hydrogen-bond acceptors (Lipinski definition) is 6. The Bertz CT molecular complexity index is 580. The zero-order chi connectivity index (χ0) is 21.3. The predicted molar refractivity (Wildman–Crippen MR) is 116 cm³/mol. The Morgan fingerprint density at radius 2 is 1.52 bits per heavy atom. The Balaban J connectivity index is 2.16. The van der Waals surface area contributed by atoms with Gasteiger partial charge in [-0.05, 0) is 76.1 Å². The molecule has 1 aromatic rings. The summed E-state index contributed by atoms with van der Waals surface area (Å²) in [6.07, 6.45) is 4.32. The van der Waals surface area contributed by atoms with Crippen LogP contribution in [0.2, 0.25) is 0 Å². The van der Waals surface area contributed by atoms with Gasteiger partial charge < -0.3 is 32.1 Å². The first-order valence-corrected chi connectivity index (χ1v) is 10.5. The van der Waals surface area contributed by atoms with Crippen LogP contribution in [0.4, 0.5) is 0 Å². The molecule has 0 radical (unpaired) electrons. The summed E-state index contributed by atoms with van der Waals surface area (Å²) in [5.74, 6) is -0.263. The monoisotopic (exact) mass is 407 g/mol. The van der Waals surface area contributed by atoms with Crippen LogP contribution in [0.3, 0.4) is 0 Å². The van der Waals surface area contributed by atoms with Gasteiger partial charge in [-0.3, -0.25) is 9.59 Å². The zero-order valence-corrected chi connectivity index (χ0v) is 17.5. The molecule has 0 aliphatic heterocycles. The standard InChI is InChI=1S/C21H37N5O3/c1-17(27)26-20(16-18-6-8-19(28)9-7-18)21(29)25-15-3-2-11-23-13-5-14-24-12-4-10-22/h6-9,20,23-24,28H,2-5,10-16,22H2,1H3,(H,25,29)(H,26,27).